The summed E-state index contributed by atoms with van der Waals surface area (Å²) < 4.78 is 2.44. The topological polar surface area (TPSA) is 86.8 Å². The molecule has 1 N–H and O–H groups in total. The van der Waals surface area contributed by atoms with Crippen LogP contribution in [0.1, 0.15) is 111 Å². The first-order valence-electron chi connectivity index (χ1n) is 14.1. The van der Waals surface area contributed by atoms with Crippen LogP contribution in [0.15, 0.2) is 17.8 Å². The lowest BCUT2D eigenvalue weighted by Crippen LogP contribution is -2.74. The third kappa shape index (κ3) is 4.07. The zero-order chi connectivity index (χ0) is 25.7. The fourth-order valence-electron chi connectivity index (χ4n) is 8.05. The summed E-state index contributed by atoms with van der Waals surface area (Å²) in [5.41, 5.74) is 1.20. The van der Waals surface area contributed by atoms with Gasteiger partial charge in [-0.05, 0) is 64.0 Å². The summed E-state index contributed by atoms with van der Waals surface area (Å²) >= 11 is 1.55. The fourth-order valence-corrected chi connectivity index (χ4v) is 8.94. The number of hydrogen-bond donors (Lipinski definition) is 1. The quantitative estimate of drug-likeness (QED) is 0.445. The Morgan fingerprint density at radius 2 is 2.05 bits per heavy atom. The van der Waals surface area contributed by atoms with Gasteiger partial charge in [0.05, 0.1) is 11.7 Å². The number of hydrogen-bond acceptors (Lipinski definition) is 7. The van der Waals surface area contributed by atoms with E-state index in [1.54, 1.807) is 11.3 Å². The maximum Gasteiger partial charge on any atom is 0.145 e. The number of allylic oxidation sites excluding steroid dienone is 1. The summed E-state index contributed by atoms with van der Waals surface area (Å²) in [5, 5.41) is 22.0. The maximum atomic E-state index is 11.9. The van der Waals surface area contributed by atoms with Gasteiger partial charge in [-0.15, -0.1) is 21.5 Å². The molecule has 7 nitrogen and oxygen atoms in total. The average Bonchev–Trinajstić information content (AvgIpc) is 3.68. The van der Waals surface area contributed by atoms with E-state index in [2.05, 4.69) is 63.8 Å². The van der Waals surface area contributed by atoms with Crippen molar-refractivity contribution in [2.75, 3.05) is 6.54 Å². The second kappa shape index (κ2) is 9.69. The second-order valence-electron chi connectivity index (χ2n) is 12.1. The number of thiophene rings is 1. The molecule has 0 bridgehead atoms. The van der Waals surface area contributed by atoms with Crippen molar-refractivity contribution in [1.82, 2.24) is 25.0 Å². The molecule has 5 atom stereocenters. The smallest absolute Gasteiger partial charge is 0.145 e. The number of aryl methyl sites for hydroxylation is 1. The Balaban J connectivity index is 1.18. The molecule has 2 aromatic heterocycles. The Labute approximate surface area is 224 Å². The Hall–Kier alpha value is -2.46. The van der Waals surface area contributed by atoms with Gasteiger partial charge in [-0.25, -0.2) is 4.79 Å². The first kappa shape index (κ1) is 24.9. The SMILES string of the molecule is Cc1nnc(C(C)C)n1C1CC2N(CCC(NC(=C=O)C3CCCC3)c3ccc(C#N)s3)C3CCC32C1. The average molecular weight is 519 g/mol. The van der Waals surface area contributed by atoms with Crippen molar-refractivity contribution in [2.24, 2.45) is 11.3 Å². The summed E-state index contributed by atoms with van der Waals surface area (Å²) in [5.74, 6) is 5.10. The molecule has 4 aliphatic rings. The fraction of sp³-hybridized carbons (Fsp3) is 0.690. The number of rotatable bonds is 9. The van der Waals surface area contributed by atoms with Gasteiger partial charge in [-0.3, -0.25) is 4.90 Å². The second-order valence-corrected chi connectivity index (χ2v) is 13.2. The van der Waals surface area contributed by atoms with Gasteiger partial charge in [-0.1, -0.05) is 26.7 Å². The molecule has 1 saturated heterocycles. The van der Waals surface area contributed by atoms with Crippen LogP contribution < -0.4 is 5.32 Å². The van der Waals surface area contributed by atoms with Gasteiger partial charge in [0.1, 0.15) is 28.5 Å². The Morgan fingerprint density at radius 1 is 1.24 bits per heavy atom. The van der Waals surface area contributed by atoms with E-state index in [9.17, 15) is 10.1 Å². The maximum absolute atomic E-state index is 11.9. The number of likely N-dealkylation sites (tertiary alicyclic amines) is 1. The van der Waals surface area contributed by atoms with Crippen LogP contribution in [0.4, 0.5) is 0 Å². The van der Waals surface area contributed by atoms with Crippen LogP contribution in [0.2, 0.25) is 0 Å². The number of carbonyl (C=O) groups excluding carboxylic acids is 1. The molecule has 6 rings (SSSR count). The molecule has 0 radical (unpaired) electrons. The van der Waals surface area contributed by atoms with Crippen molar-refractivity contribution in [3.8, 4) is 6.07 Å². The summed E-state index contributed by atoms with van der Waals surface area (Å²) in [6.07, 6.45) is 10.5. The summed E-state index contributed by atoms with van der Waals surface area (Å²) in [6, 6.07) is 8.08. The van der Waals surface area contributed by atoms with E-state index >= 15 is 0 Å². The molecule has 2 aromatic rings. The summed E-state index contributed by atoms with van der Waals surface area (Å²) in [7, 11) is 0. The van der Waals surface area contributed by atoms with Crippen LogP contribution in [-0.2, 0) is 4.79 Å². The third-order valence-electron chi connectivity index (χ3n) is 9.86. The number of nitrogens with one attached hydrogen (secondary N) is 1. The van der Waals surface area contributed by atoms with Gasteiger partial charge in [0.25, 0.3) is 0 Å². The zero-order valence-corrected chi connectivity index (χ0v) is 23.1. The van der Waals surface area contributed by atoms with E-state index in [0.29, 0.717) is 35.4 Å². The van der Waals surface area contributed by atoms with E-state index < -0.39 is 0 Å². The monoisotopic (exact) mass is 518 g/mol. The molecule has 1 spiro atoms. The van der Waals surface area contributed by atoms with Crippen LogP contribution >= 0.6 is 11.3 Å². The van der Waals surface area contributed by atoms with E-state index in [1.807, 2.05) is 6.07 Å². The van der Waals surface area contributed by atoms with E-state index in [-0.39, 0.29) is 6.04 Å². The predicted molar refractivity (Wildman–Crippen MR) is 144 cm³/mol. The van der Waals surface area contributed by atoms with Crippen LogP contribution in [0, 0.1) is 29.6 Å². The number of piperidine rings is 1. The highest BCUT2D eigenvalue weighted by Gasteiger charge is 2.69. The first-order valence-corrected chi connectivity index (χ1v) is 15.0. The van der Waals surface area contributed by atoms with Crippen molar-refractivity contribution >= 4 is 17.3 Å². The van der Waals surface area contributed by atoms with Crippen LogP contribution in [0.5, 0.6) is 0 Å². The Kier molecular flexibility index (Phi) is 6.51. The summed E-state index contributed by atoms with van der Waals surface area (Å²) in [4.78, 5) is 16.6. The van der Waals surface area contributed by atoms with Crippen LogP contribution in [-0.4, -0.2) is 44.2 Å². The van der Waals surface area contributed by atoms with Gasteiger partial charge < -0.3 is 9.88 Å². The molecule has 1 aliphatic heterocycles. The van der Waals surface area contributed by atoms with Gasteiger partial charge in [0, 0.05) is 46.8 Å². The minimum absolute atomic E-state index is 0.0454. The summed E-state index contributed by atoms with van der Waals surface area (Å²) in [6.45, 7) is 7.53. The molecule has 3 saturated carbocycles. The predicted octanol–water partition coefficient (Wildman–Crippen LogP) is 5.44. The highest BCUT2D eigenvalue weighted by atomic mass is 32.1. The lowest BCUT2D eigenvalue weighted by atomic mass is 9.53. The van der Waals surface area contributed by atoms with Crippen molar-refractivity contribution in [3.63, 3.8) is 0 Å². The minimum Gasteiger partial charge on any atom is -0.372 e. The molecule has 3 heterocycles. The number of nitrogens with zero attached hydrogens (tertiary/aromatic N) is 5. The number of aromatic nitrogens is 3. The van der Waals surface area contributed by atoms with Crippen molar-refractivity contribution in [1.29, 1.82) is 5.26 Å². The largest absolute Gasteiger partial charge is 0.372 e. The highest BCUT2D eigenvalue weighted by molar-refractivity contribution is 7.12. The first-order chi connectivity index (χ1) is 17.9. The Morgan fingerprint density at radius 3 is 2.70 bits per heavy atom. The lowest BCUT2D eigenvalue weighted by Gasteiger charge is -2.68. The van der Waals surface area contributed by atoms with E-state index in [4.69, 9.17) is 0 Å². The molecule has 0 amide bonds. The van der Waals surface area contributed by atoms with Gasteiger partial charge in [0.2, 0.25) is 0 Å². The molecule has 8 heteroatoms. The van der Waals surface area contributed by atoms with Gasteiger partial charge in [-0.2, -0.15) is 5.26 Å². The number of nitriles is 1. The Bertz CT molecular complexity index is 1250. The highest BCUT2D eigenvalue weighted by Crippen LogP contribution is 2.67. The molecular weight excluding hydrogens is 480 g/mol. The normalized spacial score (nSPS) is 29.6. The van der Waals surface area contributed by atoms with Gasteiger partial charge >= 0.3 is 0 Å². The van der Waals surface area contributed by atoms with Crippen molar-refractivity contribution < 1.29 is 4.79 Å². The standard InChI is InChI=1S/C29H38N6OS/c1-18(2)28-33-32-19(3)35(28)21-14-27-29(15-21)12-10-26(29)34(27)13-11-23(25-9-8-22(16-30)37-25)31-24(17-36)20-6-4-5-7-20/h8-9,18,20-21,23,26-27,31H,4-7,10-15H2,1-3H3. The molecule has 4 fully saturated rings. The van der Waals surface area contributed by atoms with Gasteiger partial charge in [0.15, 0.2) is 0 Å². The lowest BCUT2D eigenvalue weighted by molar-refractivity contribution is -0.188. The zero-order valence-electron chi connectivity index (χ0n) is 22.2. The molecule has 5 unspecified atom stereocenters. The molecule has 3 aliphatic carbocycles. The molecular formula is C29H38N6OS. The van der Waals surface area contributed by atoms with E-state index in [1.165, 1.54) is 38.5 Å². The van der Waals surface area contributed by atoms with E-state index in [0.717, 1.165) is 52.9 Å². The molecule has 0 aromatic carbocycles. The minimum atomic E-state index is 0.0454. The molecule has 196 valence electrons. The third-order valence-corrected chi connectivity index (χ3v) is 11.0. The van der Waals surface area contributed by atoms with Crippen molar-refractivity contribution in [3.05, 3.63) is 39.2 Å². The van der Waals surface area contributed by atoms with Crippen LogP contribution in [0.25, 0.3) is 0 Å². The van der Waals surface area contributed by atoms with Crippen molar-refractivity contribution in [2.45, 2.75) is 109 Å². The molecule has 37 heavy (non-hydrogen) atoms. The van der Waals surface area contributed by atoms with Crippen LogP contribution in [0.3, 0.4) is 0 Å².